The zero-order chi connectivity index (χ0) is 22.3. The highest BCUT2D eigenvalue weighted by Crippen LogP contribution is 2.33. The summed E-state index contributed by atoms with van der Waals surface area (Å²) < 4.78 is 11.4. The number of hydrogen-bond donors (Lipinski definition) is 1. The van der Waals surface area contributed by atoms with Crippen LogP contribution in [0.5, 0.6) is 5.88 Å². The third-order valence-electron chi connectivity index (χ3n) is 4.55. The Morgan fingerprint density at radius 2 is 1.37 bits per heavy atom. The zero-order valence-corrected chi connectivity index (χ0v) is 22.2. The second-order valence-electron chi connectivity index (χ2n) is 8.21. The minimum atomic E-state index is 0. The van der Waals surface area contributed by atoms with Gasteiger partial charge in [0, 0.05) is 28.6 Å². The standard InChI is InChI=1S/C11H22O.C10H17NO.2C2H6.2B/c1-8(2)10-5-6-11(7-10)12-9(3)4;1-7(2)9-5-6-11-10(9)12-8(3)4;2*1-2;;/h8-11H,5-7H2,1-4H3;5-8,11H,1-4H3;2*1-2H3;;. The van der Waals surface area contributed by atoms with Gasteiger partial charge in [-0.15, -0.1) is 0 Å². The molecule has 1 aliphatic carbocycles. The first-order valence-electron chi connectivity index (χ1n) is 11.7. The molecule has 1 saturated carbocycles. The highest BCUT2D eigenvalue weighted by atomic mass is 16.5. The first-order valence-corrected chi connectivity index (χ1v) is 11.7. The number of aromatic amines is 1. The molecular formula is C25H51B2NO2. The second-order valence-corrected chi connectivity index (χ2v) is 8.21. The van der Waals surface area contributed by atoms with Crippen molar-refractivity contribution < 1.29 is 9.47 Å². The highest BCUT2D eigenvalue weighted by molar-refractivity contribution is 5.76. The maximum absolute atomic E-state index is 5.79. The van der Waals surface area contributed by atoms with Crippen LogP contribution in [-0.2, 0) is 4.74 Å². The lowest BCUT2D eigenvalue weighted by molar-refractivity contribution is 0.00919. The smallest absolute Gasteiger partial charge is 0.194 e. The van der Waals surface area contributed by atoms with Crippen molar-refractivity contribution in [1.82, 2.24) is 4.98 Å². The molecule has 0 aliphatic heterocycles. The van der Waals surface area contributed by atoms with Gasteiger partial charge < -0.3 is 14.5 Å². The van der Waals surface area contributed by atoms with E-state index in [2.05, 4.69) is 52.6 Å². The second kappa shape index (κ2) is 21.4. The molecule has 3 nitrogen and oxygen atoms in total. The minimum Gasteiger partial charge on any atom is -0.476 e. The van der Waals surface area contributed by atoms with Crippen LogP contribution in [0.15, 0.2) is 12.3 Å². The van der Waals surface area contributed by atoms with E-state index in [1.165, 1.54) is 24.8 Å². The van der Waals surface area contributed by atoms with Gasteiger partial charge in [0.15, 0.2) is 5.88 Å². The molecular weight excluding hydrogens is 368 g/mol. The molecule has 0 bridgehead atoms. The summed E-state index contributed by atoms with van der Waals surface area (Å²) in [7, 11) is 0. The summed E-state index contributed by atoms with van der Waals surface area (Å²) in [4.78, 5) is 3.10. The fourth-order valence-electron chi connectivity index (χ4n) is 3.25. The first-order chi connectivity index (χ1) is 13.2. The Kier molecular flexibility index (Phi) is 26.1. The summed E-state index contributed by atoms with van der Waals surface area (Å²) >= 11 is 0. The van der Waals surface area contributed by atoms with E-state index in [4.69, 9.17) is 9.47 Å². The van der Waals surface area contributed by atoms with E-state index in [1.54, 1.807) is 0 Å². The maximum Gasteiger partial charge on any atom is 0.194 e. The number of rotatable bonds is 6. The molecule has 174 valence electrons. The van der Waals surface area contributed by atoms with E-state index in [0.29, 0.717) is 18.1 Å². The van der Waals surface area contributed by atoms with Gasteiger partial charge in [0.2, 0.25) is 0 Å². The number of H-pyrrole nitrogens is 1. The summed E-state index contributed by atoms with van der Waals surface area (Å²) in [6.07, 6.45) is 7.05. The molecule has 0 aromatic carbocycles. The Balaban J connectivity index is -0.000000183. The Labute approximate surface area is 193 Å². The minimum absolute atomic E-state index is 0. The van der Waals surface area contributed by atoms with Gasteiger partial charge >= 0.3 is 0 Å². The van der Waals surface area contributed by atoms with Crippen molar-refractivity contribution in [3.8, 4) is 5.88 Å². The molecule has 1 aromatic rings. The fourth-order valence-corrected chi connectivity index (χ4v) is 3.25. The molecule has 1 heterocycles. The van der Waals surface area contributed by atoms with Crippen molar-refractivity contribution in [2.75, 3.05) is 0 Å². The van der Waals surface area contributed by atoms with Crippen molar-refractivity contribution in [1.29, 1.82) is 0 Å². The van der Waals surface area contributed by atoms with E-state index >= 15 is 0 Å². The lowest BCUT2D eigenvalue weighted by atomic mass is 9.95. The molecule has 2 rings (SSSR count). The first kappa shape index (κ1) is 36.5. The molecule has 1 N–H and O–H groups in total. The van der Waals surface area contributed by atoms with Crippen molar-refractivity contribution in [2.45, 2.75) is 127 Å². The lowest BCUT2D eigenvalue weighted by Gasteiger charge is -2.16. The monoisotopic (exact) mass is 419 g/mol. The normalized spacial score (nSPS) is 17.1. The maximum atomic E-state index is 5.79. The molecule has 0 saturated heterocycles. The summed E-state index contributed by atoms with van der Waals surface area (Å²) in [6, 6.07) is 2.07. The highest BCUT2D eigenvalue weighted by Gasteiger charge is 2.27. The van der Waals surface area contributed by atoms with Gasteiger partial charge in [-0.05, 0) is 70.8 Å². The number of nitrogens with one attached hydrogen (secondary N) is 1. The molecule has 2 unspecified atom stereocenters. The Hall–Kier alpha value is -0.830. The van der Waals surface area contributed by atoms with Crippen LogP contribution in [-0.4, -0.2) is 40.1 Å². The van der Waals surface area contributed by atoms with Crippen LogP contribution in [0.25, 0.3) is 0 Å². The molecule has 0 spiro atoms. The molecule has 30 heavy (non-hydrogen) atoms. The predicted molar refractivity (Wildman–Crippen MR) is 137 cm³/mol. The van der Waals surface area contributed by atoms with E-state index in [9.17, 15) is 0 Å². The molecule has 1 aromatic heterocycles. The average Bonchev–Trinajstić information content (AvgIpc) is 3.27. The summed E-state index contributed by atoms with van der Waals surface area (Å²) in [5, 5.41) is 0. The van der Waals surface area contributed by atoms with Crippen molar-refractivity contribution in [2.24, 2.45) is 11.8 Å². The Bertz CT molecular complexity index is 460. The van der Waals surface area contributed by atoms with Crippen LogP contribution in [0, 0.1) is 11.8 Å². The Morgan fingerprint density at radius 3 is 1.73 bits per heavy atom. The van der Waals surface area contributed by atoms with E-state index in [0.717, 1.165) is 17.7 Å². The van der Waals surface area contributed by atoms with Crippen LogP contribution in [0.4, 0.5) is 0 Å². The molecule has 1 aliphatic rings. The van der Waals surface area contributed by atoms with Gasteiger partial charge in [0.05, 0.1) is 18.3 Å². The van der Waals surface area contributed by atoms with Gasteiger partial charge in [-0.2, -0.15) is 0 Å². The topological polar surface area (TPSA) is 34.2 Å². The average molecular weight is 419 g/mol. The zero-order valence-electron chi connectivity index (χ0n) is 22.2. The molecule has 5 heteroatoms. The molecule has 0 amide bonds. The summed E-state index contributed by atoms with van der Waals surface area (Å²) in [5.74, 6) is 3.18. The van der Waals surface area contributed by atoms with Crippen molar-refractivity contribution in [3.63, 3.8) is 0 Å². The van der Waals surface area contributed by atoms with Crippen LogP contribution < -0.4 is 4.74 Å². The summed E-state index contributed by atoms with van der Waals surface area (Å²) in [5.41, 5.74) is 1.25. The van der Waals surface area contributed by atoms with Crippen LogP contribution in [0.3, 0.4) is 0 Å². The fraction of sp³-hybridized carbons (Fsp3) is 0.840. The van der Waals surface area contributed by atoms with Gasteiger partial charge in [-0.25, -0.2) is 0 Å². The largest absolute Gasteiger partial charge is 0.476 e. The third kappa shape index (κ3) is 15.9. The SMILES string of the molecule is CC.CC.CC(C)OC1CCC(C(C)C)C1.CC(C)Oc1[nH]ccc1C(C)C.[B].[B]. The number of ether oxygens (including phenoxy) is 2. The molecule has 2 atom stereocenters. The number of hydrogen-bond acceptors (Lipinski definition) is 2. The lowest BCUT2D eigenvalue weighted by Crippen LogP contribution is -2.15. The van der Waals surface area contributed by atoms with Gasteiger partial charge in [-0.1, -0.05) is 55.4 Å². The van der Waals surface area contributed by atoms with Crippen LogP contribution in [0.2, 0.25) is 0 Å². The van der Waals surface area contributed by atoms with Gasteiger partial charge in [-0.3, -0.25) is 0 Å². The van der Waals surface area contributed by atoms with Crippen molar-refractivity contribution in [3.05, 3.63) is 17.8 Å². The van der Waals surface area contributed by atoms with E-state index in [-0.39, 0.29) is 22.9 Å². The Morgan fingerprint density at radius 1 is 0.833 bits per heavy atom. The van der Waals surface area contributed by atoms with Crippen LogP contribution in [0.1, 0.15) is 114 Å². The molecule has 6 radical (unpaired) electrons. The van der Waals surface area contributed by atoms with E-state index in [1.807, 2.05) is 47.7 Å². The van der Waals surface area contributed by atoms with Gasteiger partial charge in [0.25, 0.3) is 0 Å². The molecule has 1 fully saturated rings. The van der Waals surface area contributed by atoms with Gasteiger partial charge in [0.1, 0.15) is 0 Å². The number of aromatic nitrogens is 1. The van der Waals surface area contributed by atoms with E-state index < -0.39 is 0 Å². The third-order valence-corrected chi connectivity index (χ3v) is 4.55. The van der Waals surface area contributed by atoms with Crippen molar-refractivity contribution >= 4 is 16.8 Å². The van der Waals surface area contributed by atoms with Crippen LogP contribution >= 0.6 is 0 Å². The summed E-state index contributed by atoms with van der Waals surface area (Å²) in [6.45, 7) is 25.3. The quantitative estimate of drug-likeness (QED) is 0.486. The predicted octanol–water partition coefficient (Wildman–Crippen LogP) is 7.45.